The van der Waals surface area contributed by atoms with Crippen LogP contribution in [0.5, 0.6) is 0 Å². The minimum Gasteiger partial charge on any atom is -0.118 e. The average Bonchev–Trinajstić information content (AvgIpc) is 2.28. The van der Waals surface area contributed by atoms with Gasteiger partial charge in [0, 0.05) is 11.0 Å². The Balaban J connectivity index is 2.33. The molecule has 0 spiro atoms. The van der Waals surface area contributed by atoms with Crippen molar-refractivity contribution in [1.82, 2.24) is 0 Å². The Morgan fingerprint density at radius 3 is 3.00 bits per heavy atom. The summed E-state index contributed by atoms with van der Waals surface area (Å²) in [6.45, 7) is 0. The third-order valence-electron chi connectivity index (χ3n) is 2.20. The summed E-state index contributed by atoms with van der Waals surface area (Å²) in [4.78, 5) is 0. The minimum absolute atomic E-state index is 0.127. The van der Waals surface area contributed by atoms with Gasteiger partial charge in [-0.05, 0) is 12.3 Å². The zero-order valence-corrected chi connectivity index (χ0v) is 6.94. The van der Waals surface area contributed by atoms with E-state index in [0.29, 0.717) is 11.8 Å². The Morgan fingerprint density at radius 1 is 1.40 bits per heavy atom. The van der Waals surface area contributed by atoms with Gasteiger partial charge in [0.1, 0.15) is 0 Å². The highest BCUT2D eigenvalue weighted by Crippen LogP contribution is 2.40. The second-order valence-electron chi connectivity index (χ2n) is 2.89. The van der Waals surface area contributed by atoms with Gasteiger partial charge in [-0.25, -0.2) is 0 Å². The molecular formula is C8H8Cl2. The lowest BCUT2D eigenvalue weighted by Crippen LogP contribution is -2.15. The van der Waals surface area contributed by atoms with Crippen LogP contribution < -0.4 is 0 Å². The Bertz CT molecular complexity index is 205. The summed E-state index contributed by atoms with van der Waals surface area (Å²) in [5.74, 6) is 1.01. The fourth-order valence-corrected chi connectivity index (χ4v) is 2.25. The molecule has 0 unspecified atom stereocenters. The van der Waals surface area contributed by atoms with Gasteiger partial charge in [0.05, 0.1) is 5.38 Å². The van der Waals surface area contributed by atoms with Crippen LogP contribution in [-0.2, 0) is 0 Å². The Morgan fingerprint density at radius 2 is 2.20 bits per heavy atom. The molecule has 3 atom stereocenters. The Kier molecular flexibility index (Phi) is 1.54. The first-order valence-electron chi connectivity index (χ1n) is 3.47. The van der Waals surface area contributed by atoms with Gasteiger partial charge in [-0.2, -0.15) is 0 Å². The zero-order valence-electron chi connectivity index (χ0n) is 5.43. The molecule has 0 heterocycles. The van der Waals surface area contributed by atoms with Crippen LogP contribution in [0.1, 0.15) is 6.42 Å². The van der Waals surface area contributed by atoms with Crippen molar-refractivity contribution in [1.29, 1.82) is 0 Å². The lowest BCUT2D eigenvalue weighted by Gasteiger charge is -2.20. The van der Waals surface area contributed by atoms with Crippen LogP contribution in [0.2, 0.25) is 0 Å². The van der Waals surface area contributed by atoms with Crippen molar-refractivity contribution in [2.24, 2.45) is 11.8 Å². The number of halogens is 2. The molecule has 10 heavy (non-hydrogen) atoms. The molecule has 2 aliphatic rings. The SMILES string of the molecule is ClC1=C[C@@H](Cl)[C@@H]2C=C[C@H]1C2. The van der Waals surface area contributed by atoms with Crippen molar-refractivity contribution in [3.05, 3.63) is 23.3 Å². The van der Waals surface area contributed by atoms with Crippen molar-refractivity contribution in [2.75, 3.05) is 0 Å². The van der Waals surface area contributed by atoms with Crippen LogP contribution in [-0.4, -0.2) is 5.38 Å². The first-order chi connectivity index (χ1) is 4.77. The topological polar surface area (TPSA) is 0 Å². The van der Waals surface area contributed by atoms with Crippen molar-refractivity contribution < 1.29 is 0 Å². The molecule has 2 aliphatic carbocycles. The van der Waals surface area contributed by atoms with E-state index in [4.69, 9.17) is 23.2 Å². The van der Waals surface area contributed by atoms with E-state index in [2.05, 4.69) is 12.2 Å². The molecule has 0 fully saturated rings. The molecule has 2 heteroatoms. The molecule has 0 N–H and O–H groups in total. The maximum atomic E-state index is 5.99. The number of fused-ring (bicyclic) bond motifs is 2. The summed E-state index contributed by atoms with van der Waals surface area (Å²) < 4.78 is 0. The van der Waals surface area contributed by atoms with Crippen LogP contribution in [0.15, 0.2) is 23.3 Å². The first-order valence-corrected chi connectivity index (χ1v) is 4.28. The average molecular weight is 175 g/mol. The van der Waals surface area contributed by atoms with Crippen molar-refractivity contribution >= 4 is 23.2 Å². The first kappa shape index (κ1) is 6.75. The second-order valence-corrected chi connectivity index (χ2v) is 3.83. The maximum absolute atomic E-state index is 5.99. The Labute approximate surface area is 70.5 Å². The molecule has 0 amide bonds. The molecule has 2 rings (SSSR count). The van der Waals surface area contributed by atoms with Crippen LogP contribution in [0.4, 0.5) is 0 Å². The predicted molar refractivity (Wildman–Crippen MR) is 44.3 cm³/mol. The van der Waals surface area contributed by atoms with Gasteiger partial charge < -0.3 is 0 Å². The van der Waals surface area contributed by atoms with Gasteiger partial charge in [-0.3, -0.25) is 0 Å². The van der Waals surface area contributed by atoms with Crippen LogP contribution >= 0.6 is 23.2 Å². The summed E-state index contributed by atoms with van der Waals surface area (Å²) in [6.07, 6.45) is 7.41. The molecule has 0 aromatic heterocycles. The van der Waals surface area contributed by atoms with Crippen molar-refractivity contribution in [3.8, 4) is 0 Å². The second kappa shape index (κ2) is 2.28. The number of hydrogen-bond acceptors (Lipinski definition) is 0. The van der Waals surface area contributed by atoms with E-state index in [-0.39, 0.29) is 5.38 Å². The van der Waals surface area contributed by atoms with Gasteiger partial charge >= 0.3 is 0 Å². The number of alkyl halides is 1. The molecule has 54 valence electrons. The zero-order chi connectivity index (χ0) is 7.14. The van der Waals surface area contributed by atoms with Crippen molar-refractivity contribution in [3.63, 3.8) is 0 Å². The van der Waals surface area contributed by atoms with E-state index < -0.39 is 0 Å². The van der Waals surface area contributed by atoms with Crippen molar-refractivity contribution in [2.45, 2.75) is 11.8 Å². The van der Waals surface area contributed by atoms with Crippen LogP contribution in [0, 0.1) is 11.8 Å². The summed E-state index contributed by atoms with van der Waals surface area (Å²) in [7, 11) is 0. The molecule has 0 saturated heterocycles. The molecular weight excluding hydrogens is 167 g/mol. The Hall–Kier alpha value is 0.0600. The maximum Gasteiger partial charge on any atom is 0.0593 e. The monoisotopic (exact) mass is 174 g/mol. The van der Waals surface area contributed by atoms with Gasteiger partial charge in [0.2, 0.25) is 0 Å². The largest absolute Gasteiger partial charge is 0.118 e. The summed E-state index contributed by atoms with van der Waals surface area (Å²) >= 11 is 11.9. The third kappa shape index (κ3) is 0.906. The smallest absolute Gasteiger partial charge is 0.0593 e. The van der Waals surface area contributed by atoms with E-state index in [0.717, 1.165) is 11.5 Å². The fraction of sp³-hybridized carbons (Fsp3) is 0.500. The van der Waals surface area contributed by atoms with E-state index in [9.17, 15) is 0 Å². The highest BCUT2D eigenvalue weighted by molar-refractivity contribution is 6.31. The van der Waals surface area contributed by atoms with E-state index in [1.165, 1.54) is 0 Å². The van der Waals surface area contributed by atoms with Gasteiger partial charge in [0.15, 0.2) is 0 Å². The van der Waals surface area contributed by atoms with E-state index in [1.807, 2.05) is 6.08 Å². The normalized spacial score (nSPS) is 43.8. The summed E-state index contributed by atoms with van der Waals surface area (Å²) in [6, 6.07) is 0. The molecule has 0 aliphatic heterocycles. The molecule has 0 nitrogen and oxygen atoms in total. The highest BCUT2D eigenvalue weighted by Gasteiger charge is 2.30. The lowest BCUT2D eigenvalue weighted by molar-refractivity contribution is 0.560. The third-order valence-corrected chi connectivity index (χ3v) is 3.05. The van der Waals surface area contributed by atoms with Gasteiger partial charge in [0.25, 0.3) is 0 Å². The standard InChI is InChI=1S/C8H8Cl2/c9-7-4-8(10)6-2-1-5(7)3-6/h1-2,4-7H,3H2/t5-,6+,7-/m1/s1. The fourth-order valence-electron chi connectivity index (χ4n) is 1.57. The number of allylic oxidation sites excluding steroid dienone is 4. The molecule has 2 bridgehead atoms. The molecule has 0 saturated carbocycles. The van der Waals surface area contributed by atoms with Crippen LogP contribution in [0.25, 0.3) is 0 Å². The highest BCUT2D eigenvalue weighted by atomic mass is 35.5. The van der Waals surface area contributed by atoms with Crippen LogP contribution in [0.3, 0.4) is 0 Å². The van der Waals surface area contributed by atoms with E-state index >= 15 is 0 Å². The van der Waals surface area contributed by atoms with Gasteiger partial charge in [-0.1, -0.05) is 29.8 Å². The van der Waals surface area contributed by atoms with Gasteiger partial charge in [-0.15, -0.1) is 11.6 Å². The summed E-state index contributed by atoms with van der Waals surface area (Å²) in [5, 5.41) is 1.05. The predicted octanol–water partition coefficient (Wildman–Crippen LogP) is 2.92. The number of rotatable bonds is 0. The molecule has 0 aromatic carbocycles. The number of hydrogen-bond donors (Lipinski definition) is 0. The quantitative estimate of drug-likeness (QED) is 0.392. The lowest BCUT2D eigenvalue weighted by atomic mass is 9.94. The molecule has 0 radical (unpaired) electrons. The summed E-state index contributed by atoms with van der Waals surface area (Å²) in [5.41, 5.74) is 0. The van der Waals surface area contributed by atoms with E-state index in [1.54, 1.807) is 0 Å². The molecule has 0 aromatic rings. The minimum atomic E-state index is 0.127.